The summed E-state index contributed by atoms with van der Waals surface area (Å²) in [5.74, 6) is 0.877. The van der Waals surface area contributed by atoms with Crippen LogP contribution in [-0.2, 0) is 11.3 Å². The number of halogens is 2. The normalized spacial score (nSPS) is 10.7. The van der Waals surface area contributed by atoms with Crippen LogP contribution >= 0.6 is 11.8 Å². The molecule has 0 fully saturated rings. The minimum absolute atomic E-state index is 0.0475. The molecule has 0 N–H and O–H groups in total. The summed E-state index contributed by atoms with van der Waals surface area (Å²) in [6.07, 6.45) is 0.447. The highest BCUT2D eigenvalue weighted by molar-refractivity contribution is 7.99. The van der Waals surface area contributed by atoms with Gasteiger partial charge in [-0.1, -0.05) is 30.3 Å². The highest BCUT2D eigenvalue weighted by Gasteiger charge is 2.10. The van der Waals surface area contributed by atoms with E-state index in [9.17, 15) is 13.6 Å². The Hall–Kier alpha value is -2.08. The predicted octanol–water partition coefficient (Wildman–Crippen LogP) is 4.43. The average Bonchev–Trinajstić information content (AvgIpc) is 2.57. The van der Waals surface area contributed by atoms with Crippen molar-refractivity contribution in [3.63, 3.8) is 0 Å². The van der Waals surface area contributed by atoms with Crippen LogP contribution in [0.4, 0.5) is 8.78 Å². The third-order valence-corrected chi connectivity index (χ3v) is 4.34. The Balaban J connectivity index is 1.76. The van der Waals surface area contributed by atoms with Crippen molar-refractivity contribution in [3.8, 4) is 5.75 Å². The van der Waals surface area contributed by atoms with Gasteiger partial charge in [-0.3, -0.25) is 4.79 Å². The molecule has 2 aromatic rings. The summed E-state index contributed by atoms with van der Waals surface area (Å²) in [5.41, 5.74) is 0.864. The highest BCUT2D eigenvalue weighted by atomic mass is 32.2. The summed E-state index contributed by atoms with van der Waals surface area (Å²) in [7, 11) is 1.74. The van der Waals surface area contributed by atoms with Crippen LogP contribution in [-0.4, -0.2) is 30.2 Å². The standard InChI is InChI=1S/C18H19F2NO2S/c1-21(13-14-7-9-15(10-8-14)23-18(19)20)17(22)11-12-24-16-5-3-2-4-6-16/h2-10,18H,11-13H2,1H3. The van der Waals surface area contributed by atoms with E-state index in [0.29, 0.717) is 18.7 Å². The Morgan fingerprint density at radius 1 is 1.12 bits per heavy atom. The van der Waals surface area contributed by atoms with Crippen molar-refractivity contribution in [1.82, 2.24) is 4.90 Å². The Bertz CT molecular complexity index is 635. The van der Waals surface area contributed by atoms with E-state index in [2.05, 4.69) is 4.74 Å². The lowest BCUT2D eigenvalue weighted by Crippen LogP contribution is -2.26. The number of thioether (sulfide) groups is 1. The molecule has 1 amide bonds. The van der Waals surface area contributed by atoms with Gasteiger partial charge in [0.25, 0.3) is 0 Å². The van der Waals surface area contributed by atoms with Crippen LogP contribution in [0.3, 0.4) is 0 Å². The van der Waals surface area contributed by atoms with Crippen LogP contribution in [0.15, 0.2) is 59.5 Å². The van der Waals surface area contributed by atoms with Crippen LogP contribution in [0, 0.1) is 0 Å². The van der Waals surface area contributed by atoms with Crippen LogP contribution in [0.2, 0.25) is 0 Å². The number of hydrogen-bond donors (Lipinski definition) is 0. The van der Waals surface area contributed by atoms with Crippen molar-refractivity contribution >= 4 is 17.7 Å². The number of alkyl halides is 2. The SMILES string of the molecule is CN(Cc1ccc(OC(F)F)cc1)C(=O)CCSc1ccccc1. The maximum Gasteiger partial charge on any atom is 0.387 e. The van der Waals surface area contributed by atoms with Crippen molar-refractivity contribution in [3.05, 3.63) is 60.2 Å². The van der Waals surface area contributed by atoms with Crippen molar-refractivity contribution in [1.29, 1.82) is 0 Å². The third kappa shape index (κ3) is 6.20. The van der Waals surface area contributed by atoms with Crippen molar-refractivity contribution < 1.29 is 18.3 Å². The van der Waals surface area contributed by atoms with Crippen LogP contribution in [0.5, 0.6) is 5.75 Å². The fourth-order valence-corrected chi connectivity index (χ4v) is 2.96. The van der Waals surface area contributed by atoms with E-state index in [-0.39, 0.29) is 11.7 Å². The Morgan fingerprint density at radius 2 is 1.79 bits per heavy atom. The van der Waals surface area contributed by atoms with E-state index in [1.54, 1.807) is 35.8 Å². The lowest BCUT2D eigenvalue weighted by molar-refractivity contribution is -0.129. The summed E-state index contributed by atoms with van der Waals surface area (Å²) in [4.78, 5) is 14.9. The minimum atomic E-state index is -2.83. The molecule has 0 spiro atoms. The quantitative estimate of drug-likeness (QED) is 0.659. The zero-order valence-electron chi connectivity index (χ0n) is 13.3. The first kappa shape index (κ1) is 18.3. The highest BCUT2D eigenvalue weighted by Crippen LogP contribution is 2.19. The Morgan fingerprint density at radius 3 is 2.42 bits per heavy atom. The maximum atomic E-state index is 12.1. The van der Waals surface area contributed by atoms with Gasteiger partial charge in [-0.05, 0) is 29.8 Å². The molecule has 6 heteroatoms. The molecule has 2 aromatic carbocycles. The fraction of sp³-hybridized carbons (Fsp3) is 0.278. The number of amides is 1. The first-order chi connectivity index (χ1) is 11.5. The lowest BCUT2D eigenvalue weighted by atomic mass is 10.2. The number of carbonyl (C=O) groups excluding carboxylic acids is 1. The number of hydrogen-bond acceptors (Lipinski definition) is 3. The second-order valence-corrected chi connectivity index (χ2v) is 6.35. The summed E-state index contributed by atoms with van der Waals surface area (Å²) in [6, 6.07) is 16.2. The van der Waals surface area contributed by atoms with E-state index >= 15 is 0 Å². The molecule has 0 heterocycles. The van der Waals surface area contributed by atoms with E-state index in [4.69, 9.17) is 0 Å². The molecule has 0 radical (unpaired) electrons. The number of ether oxygens (including phenoxy) is 1. The number of nitrogens with zero attached hydrogens (tertiary/aromatic N) is 1. The van der Waals surface area contributed by atoms with Gasteiger partial charge in [0.15, 0.2) is 0 Å². The molecule has 0 aliphatic heterocycles. The Labute approximate surface area is 144 Å². The molecule has 0 unspecified atom stereocenters. The van der Waals surface area contributed by atoms with E-state index in [1.807, 2.05) is 30.3 Å². The first-order valence-electron chi connectivity index (χ1n) is 7.50. The third-order valence-electron chi connectivity index (χ3n) is 3.32. The zero-order chi connectivity index (χ0) is 17.4. The second-order valence-electron chi connectivity index (χ2n) is 5.18. The van der Waals surface area contributed by atoms with Gasteiger partial charge in [0, 0.05) is 30.7 Å². The topological polar surface area (TPSA) is 29.5 Å². The molecule has 128 valence electrons. The molecule has 0 aliphatic rings. The Kier molecular flexibility index (Phi) is 7.06. The van der Waals surface area contributed by atoms with E-state index in [1.165, 1.54) is 12.1 Å². The fourth-order valence-electron chi connectivity index (χ4n) is 2.10. The monoisotopic (exact) mass is 351 g/mol. The average molecular weight is 351 g/mol. The van der Waals surface area contributed by atoms with Gasteiger partial charge in [-0.25, -0.2) is 0 Å². The largest absolute Gasteiger partial charge is 0.435 e. The van der Waals surface area contributed by atoms with Crippen molar-refractivity contribution in [2.24, 2.45) is 0 Å². The summed E-state index contributed by atoms with van der Waals surface area (Å²) in [6.45, 7) is -2.40. The molecule has 0 aromatic heterocycles. The van der Waals surface area contributed by atoms with Gasteiger partial charge in [-0.2, -0.15) is 8.78 Å². The molecule has 0 saturated heterocycles. The van der Waals surface area contributed by atoms with Gasteiger partial charge in [0.05, 0.1) is 0 Å². The van der Waals surface area contributed by atoms with Crippen LogP contribution in [0.1, 0.15) is 12.0 Å². The van der Waals surface area contributed by atoms with Gasteiger partial charge in [-0.15, -0.1) is 11.8 Å². The molecular formula is C18H19F2NO2S. The molecule has 0 saturated carbocycles. The molecule has 2 rings (SSSR count). The van der Waals surface area contributed by atoms with Crippen molar-refractivity contribution in [2.75, 3.05) is 12.8 Å². The molecular weight excluding hydrogens is 332 g/mol. The minimum Gasteiger partial charge on any atom is -0.435 e. The number of benzene rings is 2. The van der Waals surface area contributed by atoms with E-state index in [0.717, 1.165) is 10.5 Å². The van der Waals surface area contributed by atoms with Crippen LogP contribution < -0.4 is 4.74 Å². The smallest absolute Gasteiger partial charge is 0.387 e. The van der Waals surface area contributed by atoms with Gasteiger partial charge >= 0.3 is 6.61 Å². The number of carbonyl (C=O) groups is 1. The summed E-state index contributed by atoms with van der Waals surface area (Å²) >= 11 is 1.65. The molecule has 24 heavy (non-hydrogen) atoms. The lowest BCUT2D eigenvalue weighted by Gasteiger charge is -2.17. The predicted molar refractivity (Wildman–Crippen MR) is 91.3 cm³/mol. The summed E-state index contributed by atoms with van der Waals surface area (Å²) in [5, 5.41) is 0. The van der Waals surface area contributed by atoms with Crippen molar-refractivity contribution in [2.45, 2.75) is 24.5 Å². The molecule has 0 bridgehead atoms. The molecule has 0 atom stereocenters. The maximum absolute atomic E-state index is 12.1. The molecule has 0 aliphatic carbocycles. The first-order valence-corrected chi connectivity index (χ1v) is 8.48. The molecule has 3 nitrogen and oxygen atoms in total. The summed E-state index contributed by atoms with van der Waals surface area (Å²) < 4.78 is 28.5. The number of rotatable bonds is 8. The second kappa shape index (κ2) is 9.27. The van der Waals surface area contributed by atoms with Gasteiger partial charge in [0.2, 0.25) is 5.91 Å². The van der Waals surface area contributed by atoms with E-state index < -0.39 is 6.61 Å². The van der Waals surface area contributed by atoms with Gasteiger partial charge < -0.3 is 9.64 Å². The zero-order valence-corrected chi connectivity index (χ0v) is 14.1. The van der Waals surface area contributed by atoms with Gasteiger partial charge in [0.1, 0.15) is 5.75 Å². The van der Waals surface area contributed by atoms with Crippen LogP contribution in [0.25, 0.3) is 0 Å².